The van der Waals surface area contributed by atoms with Gasteiger partial charge in [0.1, 0.15) is 0 Å². The van der Waals surface area contributed by atoms with E-state index in [4.69, 9.17) is 9.47 Å². The van der Waals surface area contributed by atoms with Gasteiger partial charge < -0.3 is 9.47 Å². The summed E-state index contributed by atoms with van der Waals surface area (Å²) in [4.78, 5) is 0. The molecule has 0 amide bonds. The molecule has 26 heavy (non-hydrogen) atoms. The predicted octanol–water partition coefficient (Wildman–Crippen LogP) is 4.82. The normalized spacial score (nSPS) is 17.1. The average Bonchev–Trinajstić information content (AvgIpc) is 2.60. The number of halogens is 3. The van der Waals surface area contributed by atoms with Gasteiger partial charge in [-0.05, 0) is 36.8 Å². The number of alkyl halides is 3. The van der Waals surface area contributed by atoms with E-state index in [9.17, 15) is 13.2 Å². The first-order valence-corrected chi connectivity index (χ1v) is 8.31. The van der Waals surface area contributed by atoms with E-state index in [0.29, 0.717) is 11.5 Å². The smallest absolute Gasteiger partial charge is 0.416 e. The zero-order valence-electron chi connectivity index (χ0n) is 15.1. The second-order valence-electron chi connectivity index (χ2n) is 6.42. The minimum atomic E-state index is -4.33. The van der Waals surface area contributed by atoms with Crippen molar-refractivity contribution >= 4 is 11.4 Å². The predicted molar refractivity (Wildman–Crippen MR) is 93.9 cm³/mol. The Morgan fingerprint density at radius 2 is 1.58 bits per heavy atom. The molecule has 2 aromatic rings. The standard InChI is InChI=1S/C20H21F3NO2/c1-12-9-14-10-18(25-3)19(26-4)11-17(14)13(2)24(12)16-7-5-15(6-8-16)20(21,22)23/h5-8,10-12H,9H2,1-4H3/q+1. The Labute approximate surface area is 150 Å². The van der Waals surface area contributed by atoms with Gasteiger partial charge in [0, 0.05) is 31.0 Å². The van der Waals surface area contributed by atoms with Gasteiger partial charge in [-0.1, -0.05) is 0 Å². The van der Waals surface area contributed by atoms with E-state index < -0.39 is 11.7 Å². The van der Waals surface area contributed by atoms with E-state index in [2.05, 4.69) is 11.5 Å². The summed E-state index contributed by atoms with van der Waals surface area (Å²) in [7, 11) is 3.18. The minimum Gasteiger partial charge on any atom is -0.493 e. The van der Waals surface area contributed by atoms with Gasteiger partial charge in [-0.15, -0.1) is 0 Å². The molecule has 0 fully saturated rings. The highest BCUT2D eigenvalue weighted by molar-refractivity contribution is 5.98. The molecule has 1 heterocycles. The van der Waals surface area contributed by atoms with Crippen molar-refractivity contribution in [3.05, 3.63) is 53.1 Å². The molecule has 3 rings (SSSR count). The molecule has 1 aliphatic rings. The maximum Gasteiger partial charge on any atom is 0.416 e. The van der Waals surface area contributed by atoms with E-state index in [1.165, 1.54) is 12.1 Å². The van der Waals surface area contributed by atoms with Crippen molar-refractivity contribution < 1.29 is 27.2 Å². The number of ether oxygens (including phenoxy) is 2. The number of benzene rings is 2. The fourth-order valence-electron chi connectivity index (χ4n) is 3.56. The Kier molecular flexibility index (Phi) is 4.69. The van der Waals surface area contributed by atoms with Crippen LogP contribution in [0.5, 0.6) is 11.5 Å². The van der Waals surface area contributed by atoms with Crippen LogP contribution in [0.2, 0.25) is 0 Å². The van der Waals surface area contributed by atoms with Crippen LogP contribution >= 0.6 is 0 Å². The lowest BCUT2D eigenvalue weighted by molar-refractivity contribution is -0.482. The van der Waals surface area contributed by atoms with Crippen LogP contribution in [0.1, 0.15) is 30.5 Å². The number of rotatable bonds is 3. The van der Waals surface area contributed by atoms with Crippen molar-refractivity contribution in [1.82, 2.24) is 0 Å². The molecule has 3 nitrogen and oxygen atoms in total. The molecular formula is C20H21F3NO2+. The molecule has 1 unspecified atom stereocenters. The van der Waals surface area contributed by atoms with E-state index in [-0.39, 0.29) is 6.04 Å². The van der Waals surface area contributed by atoms with Crippen LogP contribution in [0.3, 0.4) is 0 Å². The molecule has 6 heteroatoms. The van der Waals surface area contributed by atoms with Crippen LogP contribution in [0, 0.1) is 0 Å². The maximum atomic E-state index is 12.8. The first-order chi connectivity index (χ1) is 12.3. The van der Waals surface area contributed by atoms with E-state index in [0.717, 1.165) is 41.1 Å². The van der Waals surface area contributed by atoms with Crippen molar-refractivity contribution in [2.45, 2.75) is 32.5 Å². The molecule has 0 aliphatic carbocycles. The Morgan fingerprint density at radius 3 is 2.12 bits per heavy atom. The molecule has 0 spiro atoms. The first-order valence-electron chi connectivity index (χ1n) is 8.31. The quantitative estimate of drug-likeness (QED) is 0.728. The number of methoxy groups -OCH3 is 2. The van der Waals surface area contributed by atoms with Crippen LogP contribution in [0.15, 0.2) is 36.4 Å². The fraction of sp³-hybridized carbons (Fsp3) is 0.350. The van der Waals surface area contributed by atoms with Crippen molar-refractivity contribution in [2.75, 3.05) is 14.2 Å². The topological polar surface area (TPSA) is 21.5 Å². The lowest BCUT2D eigenvalue weighted by Crippen LogP contribution is -2.32. The molecule has 0 N–H and O–H groups in total. The number of hydrogen-bond acceptors (Lipinski definition) is 2. The summed E-state index contributed by atoms with van der Waals surface area (Å²) < 4.78 is 51.3. The van der Waals surface area contributed by atoms with Gasteiger partial charge in [0.25, 0.3) is 0 Å². The van der Waals surface area contributed by atoms with Crippen molar-refractivity contribution in [2.24, 2.45) is 0 Å². The highest BCUT2D eigenvalue weighted by atomic mass is 19.4. The fourth-order valence-corrected chi connectivity index (χ4v) is 3.56. The molecule has 1 atom stereocenters. The van der Waals surface area contributed by atoms with Crippen molar-refractivity contribution in [1.29, 1.82) is 0 Å². The zero-order chi connectivity index (χ0) is 19.1. The Hall–Kier alpha value is -2.50. The Morgan fingerprint density at radius 1 is 1.00 bits per heavy atom. The molecule has 1 aliphatic heterocycles. The second-order valence-corrected chi connectivity index (χ2v) is 6.42. The third-order valence-corrected chi connectivity index (χ3v) is 4.79. The largest absolute Gasteiger partial charge is 0.493 e. The summed E-state index contributed by atoms with van der Waals surface area (Å²) in [5.74, 6) is 1.31. The zero-order valence-corrected chi connectivity index (χ0v) is 15.1. The van der Waals surface area contributed by atoms with Crippen LogP contribution in [0.4, 0.5) is 18.9 Å². The van der Waals surface area contributed by atoms with Crippen LogP contribution < -0.4 is 9.47 Å². The summed E-state index contributed by atoms with van der Waals surface area (Å²) in [5.41, 5.74) is 3.22. The average molecular weight is 364 g/mol. The van der Waals surface area contributed by atoms with Crippen LogP contribution in [0.25, 0.3) is 0 Å². The SMILES string of the molecule is COc1cc2c(cc1OC)C(C)=[N+](c1ccc(C(F)(F)F)cc1)C(C)C2. The molecule has 0 aromatic heterocycles. The van der Waals surface area contributed by atoms with E-state index in [1.807, 2.05) is 19.1 Å². The minimum absolute atomic E-state index is 0.109. The molecule has 0 saturated carbocycles. The van der Waals surface area contributed by atoms with Gasteiger partial charge in [-0.25, -0.2) is 0 Å². The van der Waals surface area contributed by atoms with Gasteiger partial charge in [0.2, 0.25) is 5.69 Å². The summed E-state index contributed by atoms with van der Waals surface area (Å²) >= 11 is 0. The Bertz CT molecular complexity index is 855. The van der Waals surface area contributed by atoms with Crippen LogP contribution in [-0.2, 0) is 12.6 Å². The Balaban J connectivity index is 2.10. The highest BCUT2D eigenvalue weighted by Gasteiger charge is 2.34. The number of fused-ring (bicyclic) bond motifs is 1. The molecule has 2 aromatic carbocycles. The van der Waals surface area contributed by atoms with Gasteiger partial charge in [-0.3, -0.25) is 0 Å². The highest BCUT2D eigenvalue weighted by Crippen LogP contribution is 2.36. The van der Waals surface area contributed by atoms with Gasteiger partial charge in [-0.2, -0.15) is 17.7 Å². The van der Waals surface area contributed by atoms with Crippen molar-refractivity contribution in [3.8, 4) is 11.5 Å². The van der Waals surface area contributed by atoms with Gasteiger partial charge >= 0.3 is 6.18 Å². The second kappa shape index (κ2) is 6.67. The van der Waals surface area contributed by atoms with Gasteiger partial charge in [0.15, 0.2) is 23.3 Å². The molecular weight excluding hydrogens is 343 g/mol. The molecule has 0 saturated heterocycles. The summed E-state index contributed by atoms with van der Waals surface area (Å²) in [6.45, 7) is 4.03. The lowest BCUT2D eigenvalue weighted by atomic mass is 9.92. The molecule has 0 radical (unpaired) electrons. The number of hydrogen-bond donors (Lipinski definition) is 0. The van der Waals surface area contributed by atoms with E-state index >= 15 is 0 Å². The number of nitrogens with zero attached hydrogens (tertiary/aromatic N) is 1. The van der Waals surface area contributed by atoms with E-state index in [1.54, 1.807) is 14.2 Å². The summed E-state index contributed by atoms with van der Waals surface area (Å²) in [5, 5.41) is 0. The van der Waals surface area contributed by atoms with Crippen LogP contribution in [-0.4, -0.2) is 30.5 Å². The monoisotopic (exact) mass is 364 g/mol. The molecule has 0 bridgehead atoms. The molecule has 138 valence electrons. The third kappa shape index (κ3) is 3.16. The van der Waals surface area contributed by atoms with Crippen molar-refractivity contribution in [3.63, 3.8) is 0 Å². The third-order valence-electron chi connectivity index (χ3n) is 4.79. The lowest BCUT2D eigenvalue weighted by Gasteiger charge is -2.23. The maximum absolute atomic E-state index is 12.8. The summed E-state index contributed by atoms with van der Waals surface area (Å²) in [6, 6.07) is 9.30. The summed E-state index contributed by atoms with van der Waals surface area (Å²) in [6.07, 6.45) is -3.57. The van der Waals surface area contributed by atoms with Gasteiger partial charge in [0.05, 0.1) is 19.8 Å². The first kappa shape index (κ1) is 18.3.